The predicted molar refractivity (Wildman–Crippen MR) is 87.2 cm³/mol. The van der Waals surface area contributed by atoms with Gasteiger partial charge in [0.1, 0.15) is 0 Å². The number of fused-ring (bicyclic) bond motifs is 1. The number of pyridine rings is 1. The summed E-state index contributed by atoms with van der Waals surface area (Å²) in [5.41, 5.74) is 7.25. The summed E-state index contributed by atoms with van der Waals surface area (Å²) in [5.74, 6) is -0.106. The molecule has 0 bridgehead atoms. The lowest BCUT2D eigenvalue weighted by Gasteiger charge is -2.36. The van der Waals surface area contributed by atoms with E-state index >= 15 is 0 Å². The van der Waals surface area contributed by atoms with Gasteiger partial charge in [0.2, 0.25) is 5.91 Å². The molecule has 2 aromatic rings. The molecule has 1 heterocycles. The lowest BCUT2D eigenvalue weighted by Crippen LogP contribution is -2.53. The summed E-state index contributed by atoms with van der Waals surface area (Å²) >= 11 is 0. The molecule has 21 heavy (non-hydrogen) atoms. The SMILES string of the molecule is Cc1ccc2cccc(NC(=O)C(C)(C)C(C)(C)N)c2n1. The summed E-state index contributed by atoms with van der Waals surface area (Å²) in [7, 11) is 0. The van der Waals surface area contributed by atoms with Crippen molar-refractivity contribution in [2.24, 2.45) is 11.1 Å². The number of hydrogen-bond donors (Lipinski definition) is 2. The van der Waals surface area contributed by atoms with Crippen LogP contribution < -0.4 is 11.1 Å². The van der Waals surface area contributed by atoms with Crippen LogP contribution in [0.2, 0.25) is 0 Å². The molecule has 0 spiro atoms. The van der Waals surface area contributed by atoms with Gasteiger partial charge in [-0.1, -0.05) is 18.2 Å². The molecule has 1 amide bonds. The second kappa shape index (κ2) is 5.11. The van der Waals surface area contributed by atoms with E-state index < -0.39 is 11.0 Å². The fraction of sp³-hybridized carbons (Fsp3) is 0.412. The van der Waals surface area contributed by atoms with Crippen molar-refractivity contribution in [3.05, 3.63) is 36.0 Å². The molecule has 0 unspecified atom stereocenters. The predicted octanol–water partition coefficient (Wildman–Crippen LogP) is 3.25. The lowest BCUT2D eigenvalue weighted by molar-refractivity contribution is -0.126. The van der Waals surface area contributed by atoms with E-state index in [4.69, 9.17) is 5.73 Å². The summed E-state index contributed by atoms with van der Waals surface area (Å²) < 4.78 is 0. The van der Waals surface area contributed by atoms with Crippen LogP contribution in [0, 0.1) is 12.3 Å². The Hall–Kier alpha value is -1.94. The summed E-state index contributed by atoms with van der Waals surface area (Å²) in [6.45, 7) is 9.36. The number of aryl methyl sites for hydroxylation is 1. The Kier molecular flexibility index (Phi) is 3.76. The first-order valence-corrected chi connectivity index (χ1v) is 7.09. The molecule has 1 aromatic heterocycles. The van der Waals surface area contributed by atoms with Crippen LogP contribution in [-0.2, 0) is 4.79 Å². The van der Waals surface area contributed by atoms with E-state index in [9.17, 15) is 4.79 Å². The number of aromatic nitrogens is 1. The van der Waals surface area contributed by atoms with Crippen LogP contribution >= 0.6 is 0 Å². The van der Waals surface area contributed by atoms with Gasteiger partial charge >= 0.3 is 0 Å². The van der Waals surface area contributed by atoms with Gasteiger partial charge in [-0.2, -0.15) is 0 Å². The highest BCUT2D eigenvalue weighted by atomic mass is 16.2. The molecular weight excluding hydrogens is 262 g/mol. The molecule has 2 rings (SSSR count). The minimum atomic E-state index is -0.695. The van der Waals surface area contributed by atoms with Crippen molar-refractivity contribution in [3.63, 3.8) is 0 Å². The highest BCUT2D eigenvalue weighted by Gasteiger charge is 2.40. The Morgan fingerprint density at radius 2 is 1.81 bits per heavy atom. The minimum Gasteiger partial charge on any atom is -0.325 e. The molecule has 4 heteroatoms. The van der Waals surface area contributed by atoms with Gasteiger partial charge in [0.25, 0.3) is 0 Å². The van der Waals surface area contributed by atoms with Crippen LogP contribution in [-0.4, -0.2) is 16.4 Å². The Morgan fingerprint density at radius 1 is 1.14 bits per heavy atom. The van der Waals surface area contributed by atoms with E-state index in [-0.39, 0.29) is 5.91 Å². The molecule has 0 atom stereocenters. The van der Waals surface area contributed by atoms with E-state index in [1.807, 2.05) is 65.0 Å². The molecule has 0 radical (unpaired) electrons. The normalized spacial score (nSPS) is 12.5. The Morgan fingerprint density at radius 3 is 2.43 bits per heavy atom. The third kappa shape index (κ3) is 2.90. The monoisotopic (exact) mass is 285 g/mol. The molecule has 0 aliphatic carbocycles. The van der Waals surface area contributed by atoms with Gasteiger partial charge in [-0.3, -0.25) is 9.78 Å². The van der Waals surface area contributed by atoms with Crippen molar-refractivity contribution in [2.75, 3.05) is 5.32 Å². The molecule has 4 nitrogen and oxygen atoms in total. The third-order valence-corrected chi connectivity index (χ3v) is 4.29. The summed E-state index contributed by atoms with van der Waals surface area (Å²) in [6, 6.07) is 9.73. The van der Waals surface area contributed by atoms with Crippen molar-refractivity contribution in [2.45, 2.75) is 40.2 Å². The minimum absolute atomic E-state index is 0.106. The van der Waals surface area contributed by atoms with Crippen molar-refractivity contribution in [3.8, 4) is 0 Å². The second-order valence-corrected chi connectivity index (χ2v) is 6.63. The van der Waals surface area contributed by atoms with E-state index in [1.54, 1.807) is 0 Å². The number of nitrogens with zero attached hydrogens (tertiary/aromatic N) is 1. The molecular formula is C17H23N3O. The molecule has 0 saturated heterocycles. The van der Waals surface area contributed by atoms with Crippen molar-refractivity contribution in [1.29, 1.82) is 0 Å². The molecule has 0 fully saturated rings. The van der Waals surface area contributed by atoms with Gasteiger partial charge in [-0.25, -0.2) is 0 Å². The van der Waals surface area contributed by atoms with Crippen LogP contribution in [0.1, 0.15) is 33.4 Å². The standard InChI is InChI=1S/C17H23N3O/c1-11-9-10-12-7-6-8-13(14(12)19-11)20-15(21)16(2,3)17(4,5)18/h6-10H,18H2,1-5H3,(H,20,21). The number of nitrogens with two attached hydrogens (primary N) is 1. The van der Waals surface area contributed by atoms with Gasteiger partial charge in [0.15, 0.2) is 0 Å². The van der Waals surface area contributed by atoms with Gasteiger partial charge in [-0.15, -0.1) is 0 Å². The highest BCUT2D eigenvalue weighted by molar-refractivity contribution is 6.02. The molecule has 1 aromatic carbocycles. The van der Waals surface area contributed by atoms with E-state index in [2.05, 4.69) is 10.3 Å². The van der Waals surface area contributed by atoms with Crippen LogP contribution in [0.3, 0.4) is 0 Å². The van der Waals surface area contributed by atoms with Crippen LogP contribution in [0.5, 0.6) is 0 Å². The zero-order valence-electron chi connectivity index (χ0n) is 13.3. The third-order valence-electron chi connectivity index (χ3n) is 4.29. The Labute approximate surface area is 125 Å². The average molecular weight is 285 g/mol. The Balaban J connectivity index is 2.41. The second-order valence-electron chi connectivity index (χ2n) is 6.63. The quantitative estimate of drug-likeness (QED) is 0.909. The number of rotatable bonds is 3. The first-order valence-electron chi connectivity index (χ1n) is 7.09. The van der Waals surface area contributed by atoms with E-state index in [0.29, 0.717) is 0 Å². The number of carbonyl (C=O) groups is 1. The van der Waals surface area contributed by atoms with Gasteiger partial charge < -0.3 is 11.1 Å². The maximum Gasteiger partial charge on any atom is 0.231 e. The molecule has 0 saturated carbocycles. The number of carbonyl (C=O) groups excluding carboxylic acids is 1. The van der Waals surface area contributed by atoms with E-state index in [0.717, 1.165) is 22.3 Å². The molecule has 0 aliphatic heterocycles. The number of benzene rings is 1. The maximum absolute atomic E-state index is 12.6. The van der Waals surface area contributed by atoms with Gasteiger partial charge in [0, 0.05) is 16.6 Å². The van der Waals surface area contributed by atoms with Crippen LogP contribution in [0.4, 0.5) is 5.69 Å². The zero-order valence-corrected chi connectivity index (χ0v) is 13.3. The number of hydrogen-bond acceptors (Lipinski definition) is 3. The number of amides is 1. The average Bonchev–Trinajstić information content (AvgIpc) is 2.38. The van der Waals surface area contributed by atoms with Crippen molar-refractivity contribution < 1.29 is 4.79 Å². The topological polar surface area (TPSA) is 68.0 Å². The summed E-state index contributed by atoms with van der Waals surface area (Å²) in [6.07, 6.45) is 0. The van der Waals surface area contributed by atoms with E-state index in [1.165, 1.54) is 0 Å². The number of anilines is 1. The van der Waals surface area contributed by atoms with Crippen LogP contribution in [0.15, 0.2) is 30.3 Å². The summed E-state index contributed by atoms with van der Waals surface area (Å²) in [4.78, 5) is 17.1. The zero-order chi connectivity index (χ0) is 15.8. The highest BCUT2D eigenvalue weighted by Crippen LogP contribution is 2.31. The molecule has 0 aliphatic rings. The summed E-state index contributed by atoms with van der Waals surface area (Å²) in [5, 5.41) is 3.98. The number of para-hydroxylation sites is 1. The first-order chi connectivity index (χ1) is 9.63. The number of nitrogens with one attached hydrogen (secondary N) is 1. The molecule has 3 N–H and O–H groups in total. The van der Waals surface area contributed by atoms with Crippen LogP contribution in [0.25, 0.3) is 10.9 Å². The fourth-order valence-corrected chi connectivity index (χ4v) is 1.92. The van der Waals surface area contributed by atoms with Gasteiger partial charge in [-0.05, 0) is 46.8 Å². The van der Waals surface area contributed by atoms with Gasteiger partial charge in [0.05, 0.1) is 16.6 Å². The largest absolute Gasteiger partial charge is 0.325 e. The molecule has 112 valence electrons. The van der Waals surface area contributed by atoms with Crippen molar-refractivity contribution in [1.82, 2.24) is 4.98 Å². The Bertz CT molecular complexity index is 684. The smallest absolute Gasteiger partial charge is 0.231 e. The fourth-order valence-electron chi connectivity index (χ4n) is 1.92. The lowest BCUT2D eigenvalue weighted by atomic mass is 9.74. The van der Waals surface area contributed by atoms with Crippen molar-refractivity contribution >= 4 is 22.5 Å². The first kappa shape index (κ1) is 15.4. The maximum atomic E-state index is 12.6.